The first-order chi connectivity index (χ1) is 13.3. The summed E-state index contributed by atoms with van der Waals surface area (Å²) in [6.45, 7) is 9.67. The molecule has 2 aromatic rings. The van der Waals surface area contributed by atoms with Crippen LogP contribution in [0.2, 0.25) is 0 Å². The third kappa shape index (κ3) is 5.35. The number of benzene rings is 1. The van der Waals surface area contributed by atoms with Gasteiger partial charge in [0, 0.05) is 39.1 Å². The number of halogens is 1. The number of amides is 1. The van der Waals surface area contributed by atoms with Gasteiger partial charge in [0.1, 0.15) is 11.6 Å². The van der Waals surface area contributed by atoms with Crippen LogP contribution in [-0.4, -0.2) is 43.5 Å². The summed E-state index contributed by atoms with van der Waals surface area (Å²) in [5.41, 5.74) is 0.602. The summed E-state index contributed by atoms with van der Waals surface area (Å²) in [4.78, 5) is 16.7. The zero-order valence-electron chi connectivity index (χ0n) is 17.0. The number of furan rings is 1. The lowest BCUT2D eigenvalue weighted by Crippen LogP contribution is -2.50. The van der Waals surface area contributed by atoms with Crippen LogP contribution in [0.25, 0.3) is 0 Å². The van der Waals surface area contributed by atoms with E-state index < -0.39 is 0 Å². The van der Waals surface area contributed by atoms with Crippen LogP contribution < -0.4 is 10.2 Å². The molecule has 0 spiro atoms. The van der Waals surface area contributed by atoms with Gasteiger partial charge in [-0.1, -0.05) is 32.9 Å². The predicted molar refractivity (Wildman–Crippen MR) is 109 cm³/mol. The van der Waals surface area contributed by atoms with Crippen molar-refractivity contribution in [1.29, 1.82) is 0 Å². The first-order valence-corrected chi connectivity index (χ1v) is 9.87. The van der Waals surface area contributed by atoms with Crippen LogP contribution in [0.3, 0.4) is 0 Å². The van der Waals surface area contributed by atoms with Crippen LogP contribution in [-0.2, 0) is 4.79 Å². The van der Waals surface area contributed by atoms with Crippen molar-refractivity contribution in [3.63, 3.8) is 0 Å². The zero-order chi connectivity index (χ0) is 20.1. The summed E-state index contributed by atoms with van der Waals surface area (Å²) in [5, 5.41) is 3.06. The fourth-order valence-electron chi connectivity index (χ4n) is 3.63. The molecule has 2 heterocycles. The quantitative estimate of drug-likeness (QED) is 0.818. The van der Waals surface area contributed by atoms with Crippen molar-refractivity contribution in [2.45, 2.75) is 33.2 Å². The Kier molecular flexibility index (Phi) is 6.39. The van der Waals surface area contributed by atoms with Crippen LogP contribution in [0.5, 0.6) is 0 Å². The SMILES string of the molecule is CC(C)(C)CC(=O)NC[C@H](c1ccco1)N1CCN(c2ccccc2F)CC1. The lowest BCUT2D eigenvalue weighted by molar-refractivity contribution is -0.123. The molecule has 1 aromatic carbocycles. The van der Waals surface area contributed by atoms with Crippen LogP contribution in [0.1, 0.15) is 39.0 Å². The molecule has 0 unspecified atom stereocenters. The van der Waals surface area contributed by atoms with E-state index in [4.69, 9.17) is 4.42 Å². The van der Waals surface area contributed by atoms with E-state index in [2.05, 4.69) is 35.9 Å². The Morgan fingerprint density at radius 3 is 2.46 bits per heavy atom. The van der Waals surface area contributed by atoms with Crippen molar-refractivity contribution in [1.82, 2.24) is 10.2 Å². The van der Waals surface area contributed by atoms with Gasteiger partial charge >= 0.3 is 0 Å². The number of rotatable bonds is 6. The minimum atomic E-state index is -0.187. The van der Waals surface area contributed by atoms with Gasteiger partial charge < -0.3 is 14.6 Å². The van der Waals surface area contributed by atoms with Gasteiger partial charge in [-0.05, 0) is 29.7 Å². The van der Waals surface area contributed by atoms with Crippen molar-refractivity contribution in [3.8, 4) is 0 Å². The molecule has 0 radical (unpaired) electrons. The van der Waals surface area contributed by atoms with Gasteiger partial charge in [-0.3, -0.25) is 9.69 Å². The van der Waals surface area contributed by atoms with Crippen molar-refractivity contribution in [3.05, 3.63) is 54.2 Å². The van der Waals surface area contributed by atoms with E-state index >= 15 is 0 Å². The fourth-order valence-corrected chi connectivity index (χ4v) is 3.63. The van der Waals surface area contributed by atoms with Crippen LogP contribution in [0, 0.1) is 11.2 Å². The number of para-hydroxylation sites is 1. The van der Waals surface area contributed by atoms with Gasteiger partial charge in [0.25, 0.3) is 0 Å². The van der Waals surface area contributed by atoms with Gasteiger partial charge in [-0.2, -0.15) is 0 Å². The smallest absolute Gasteiger partial charge is 0.220 e. The van der Waals surface area contributed by atoms with Gasteiger partial charge in [0.2, 0.25) is 5.91 Å². The molecule has 5 nitrogen and oxygen atoms in total. The second-order valence-electron chi connectivity index (χ2n) is 8.55. The van der Waals surface area contributed by atoms with Gasteiger partial charge in [-0.15, -0.1) is 0 Å². The topological polar surface area (TPSA) is 48.7 Å². The van der Waals surface area contributed by atoms with E-state index in [0.29, 0.717) is 18.7 Å². The summed E-state index contributed by atoms with van der Waals surface area (Å²) in [6.07, 6.45) is 2.15. The minimum Gasteiger partial charge on any atom is -0.468 e. The van der Waals surface area contributed by atoms with Crippen molar-refractivity contribution in [2.24, 2.45) is 5.41 Å². The van der Waals surface area contributed by atoms with Crippen LogP contribution in [0.4, 0.5) is 10.1 Å². The van der Waals surface area contributed by atoms with Gasteiger partial charge in [-0.25, -0.2) is 4.39 Å². The maximum absolute atomic E-state index is 14.1. The Morgan fingerprint density at radius 2 is 1.86 bits per heavy atom. The molecule has 6 heteroatoms. The molecule has 1 N–H and O–H groups in total. The molecule has 1 aliphatic heterocycles. The van der Waals surface area contributed by atoms with E-state index in [-0.39, 0.29) is 23.2 Å². The number of carbonyl (C=O) groups is 1. The largest absolute Gasteiger partial charge is 0.468 e. The Morgan fingerprint density at radius 1 is 1.14 bits per heavy atom. The Bertz CT molecular complexity index is 762. The molecule has 28 heavy (non-hydrogen) atoms. The molecule has 1 atom stereocenters. The summed E-state index contributed by atoms with van der Waals surface area (Å²) in [5.74, 6) is 0.706. The summed E-state index contributed by atoms with van der Waals surface area (Å²) >= 11 is 0. The number of nitrogens with zero attached hydrogens (tertiary/aromatic N) is 2. The number of piperazine rings is 1. The average Bonchev–Trinajstić information content (AvgIpc) is 3.16. The molecule has 152 valence electrons. The molecule has 0 bridgehead atoms. The van der Waals surface area contributed by atoms with Crippen LogP contribution in [0.15, 0.2) is 47.1 Å². The van der Waals surface area contributed by atoms with Gasteiger partial charge in [0.15, 0.2) is 0 Å². The third-order valence-corrected chi connectivity index (χ3v) is 5.00. The number of carbonyl (C=O) groups excluding carboxylic acids is 1. The number of hydrogen-bond acceptors (Lipinski definition) is 4. The molecule has 0 saturated carbocycles. The molecular formula is C22H30FN3O2. The zero-order valence-corrected chi connectivity index (χ0v) is 17.0. The second-order valence-corrected chi connectivity index (χ2v) is 8.55. The highest BCUT2D eigenvalue weighted by Crippen LogP contribution is 2.26. The summed E-state index contributed by atoms with van der Waals surface area (Å²) < 4.78 is 19.7. The van der Waals surface area contributed by atoms with Crippen molar-refractivity contribution in [2.75, 3.05) is 37.6 Å². The lowest BCUT2D eigenvalue weighted by Gasteiger charge is -2.39. The third-order valence-electron chi connectivity index (χ3n) is 5.00. The monoisotopic (exact) mass is 387 g/mol. The molecule has 1 aromatic heterocycles. The summed E-state index contributed by atoms with van der Waals surface area (Å²) in [6, 6.07) is 10.7. The normalized spacial score (nSPS) is 16.8. The predicted octanol–water partition coefficient (Wildman–Crippen LogP) is 3.83. The average molecular weight is 387 g/mol. The highest BCUT2D eigenvalue weighted by atomic mass is 19.1. The van der Waals surface area contributed by atoms with Gasteiger partial charge in [0.05, 0.1) is 18.0 Å². The first-order valence-electron chi connectivity index (χ1n) is 9.87. The first kappa shape index (κ1) is 20.4. The van der Waals surface area contributed by atoms with E-state index in [9.17, 15) is 9.18 Å². The number of nitrogens with one attached hydrogen (secondary N) is 1. The Hall–Kier alpha value is -2.34. The molecule has 3 rings (SSSR count). The van der Waals surface area contributed by atoms with E-state index in [0.717, 1.165) is 31.9 Å². The molecule has 1 amide bonds. The molecule has 1 fully saturated rings. The molecular weight excluding hydrogens is 357 g/mol. The summed E-state index contributed by atoms with van der Waals surface area (Å²) in [7, 11) is 0. The molecule has 0 aliphatic carbocycles. The minimum absolute atomic E-state index is 0.0262. The van der Waals surface area contributed by atoms with Crippen LogP contribution >= 0.6 is 0 Å². The number of hydrogen-bond donors (Lipinski definition) is 1. The Labute approximate surface area is 166 Å². The van der Waals surface area contributed by atoms with E-state index in [1.807, 2.05) is 24.3 Å². The fraction of sp³-hybridized carbons (Fsp3) is 0.500. The number of anilines is 1. The highest BCUT2D eigenvalue weighted by Gasteiger charge is 2.28. The highest BCUT2D eigenvalue weighted by molar-refractivity contribution is 5.76. The second kappa shape index (κ2) is 8.78. The maximum Gasteiger partial charge on any atom is 0.220 e. The van der Waals surface area contributed by atoms with E-state index in [1.54, 1.807) is 12.3 Å². The maximum atomic E-state index is 14.1. The standard InChI is InChI=1S/C22H30FN3O2/c1-22(2,3)15-21(27)24-16-19(20-9-6-14-28-20)26-12-10-25(11-13-26)18-8-5-4-7-17(18)23/h4-9,14,19H,10-13,15-16H2,1-3H3,(H,24,27)/t19-/m1/s1. The molecule has 1 saturated heterocycles. The van der Waals surface area contributed by atoms with Crippen molar-refractivity contribution >= 4 is 11.6 Å². The van der Waals surface area contributed by atoms with E-state index in [1.165, 1.54) is 6.07 Å². The lowest BCUT2D eigenvalue weighted by atomic mass is 9.92. The Balaban J connectivity index is 1.62. The molecule has 1 aliphatic rings. The van der Waals surface area contributed by atoms with Crippen molar-refractivity contribution < 1.29 is 13.6 Å².